The van der Waals surface area contributed by atoms with E-state index in [-0.39, 0.29) is 30.2 Å². The Morgan fingerprint density at radius 1 is 1.07 bits per heavy atom. The van der Waals surface area contributed by atoms with E-state index in [1.54, 1.807) is 11.0 Å². The molecule has 1 saturated heterocycles. The molecule has 152 valence electrons. The van der Waals surface area contributed by atoms with Crippen molar-refractivity contribution in [2.75, 3.05) is 31.5 Å². The average molecular weight is 400 g/mol. The maximum atomic E-state index is 14.0. The highest BCUT2D eigenvalue weighted by Gasteiger charge is 2.27. The molecule has 1 heterocycles. The van der Waals surface area contributed by atoms with Gasteiger partial charge in [-0.3, -0.25) is 14.9 Å². The molecule has 0 atom stereocenters. The van der Waals surface area contributed by atoms with Gasteiger partial charge in [-0.05, 0) is 37.6 Å². The first-order valence-electron chi connectivity index (χ1n) is 9.12. The van der Waals surface area contributed by atoms with E-state index in [2.05, 4.69) is 5.32 Å². The summed E-state index contributed by atoms with van der Waals surface area (Å²) in [6, 6.07) is 9.28. The van der Waals surface area contributed by atoms with Crippen molar-refractivity contribution in [1.29, 1.82) is 0 Å². The van der Waals surface area contributed by atoms with E-state index in [0.29, 0.717) is 18.8 Å². The summed E-state index contributed by atoms with van der Waals surface area (Å²) >= 11 is 0. The number of carbonyl (C=O) groups is 2. The number of nitro groups is 1. The van der Waals surface area contributed by atoms with Crippen LogP contribution in [0.1, 0.15) is 21.5 Å². The number of hydrogen-bond acceptors (Lipinski definition) is 4. The molecule has 1 N–H and O–H groups in total. The highest BCUT2D eigenvalue weighted by Crippen LogP contribution is 2.24. The van der Waals surface area contributed by atoms with Crippen LogP contribution in [-0.4, -0.2) is 52.8 Å². The number of anilines is 1. The number of benzene rings is 2. The Balaban J connectivity index is 1.64. The van der Waals surface area contributed by atoms with E-state index >= 15 is 0 Å². The third-order valence-corrected chi connectivity index (χ3v) is 4.88. The lowest BCUT2D eigenvalue weighted by Crippen LogP contribution is -2.51. The van der Waals surface area contributed by atoms with Crippen molar-refractivity contribution in [3.8, 4) is 0 Å². The van der Waals surface area contributed by atoms with Crippen molar-refractivity contribution in [2.45, 2.75) is 13.8 Å². The minimum absolute atomic E-state index is 0.0718. The van der Waals surface area contributed by atoms with Crippen LogP contribution in [0, 0.1) is 29.8 Å². The molecule has 0 bridgehead atoms. The first-order valence-corrected chi connectivity index (χ1v) is 9.12. The van der Waals surface area contributed by atoms with Crippen LogP contribution in [-0.2, 0) is 0 Å². The number of nitro benzene ring substituents is 1. The fourth-order valence-electron chi connectivity index (χ4n) is 3.20. The first kappa shape index (κ1) is 20.2. The number of nitrogens with zero attached hydrogens (tertiary/aromatic N) is 3. The average Bonchev–Trinajstić information content (AvgIpc) is 2.69. The molecule has 1 aliphatic heterocycles. The minimum Gasteiger partial charge on any atom is -0.335 e. The van der Waals surface area contributed by atoms with Crippen LogP contribution in [0.4, 0.5) is 20.6 Å². The van der Waals surface area contributed by atoms with Gasteiger partial charge in [-0.25, -0.2) is 9.18 Å². The van der Waals surface area contributed by atoms with Gasteiger partial charge in [0.2, 0.25) is 0 Å². The second-order valence-electron chi connectivity index (χ2n) is 6.94. The van der Waals surface area contributed by atoms with E-state index in [4.69, 9.17) is 0 Å². The zero-order valence-corrected chi connectivity index (χ0v) is 16.1. The van der Waals surface area contributed by atoms with Gasteiger partial charge >= 0.3 is 6.03 Å². The molecule has 9 heteroatoms. The van der Waals surface area contributed by atoms with Crippen molar-refractivity contribution in [2.24, 2.45) is 0 Å². The molecule has 0 saturated carbocycles. The van der Waals surface area contributed by atoms with Crippen LogP contribution < -0.4 is 5.32 Å². The smallest absolute Gasteiger partial charge is 0.321 e. The molecule has 0 radical (unpaired) electrons. The summed E-state index contributed by atoms with van der Waals surface area (Å²) in [4.78, 5) is 38.5. The molecule has 1 aliphatic rings. The fraction of sp³-hybridized carbons (Fsp3) is 0.300. The number of halogens is 1. The van der Waals surface area contributed by atoms with Crippen molar-refractivity contribution < 1.29 is 18.9 Å². The largest absolute Gasteiger partial charge is 0.335 e. The summed E-state index contributed by atoms with van der Waals surface area (Å²) in [5.74, 6) is -1.29. The molecular weight excluding hydrogens is 379 g/mol. The Labute approximate surface area is 167 Å². The third kappa shape index (κ3) is 4.50. The van der Waals surface area contributed by atoms with Crippen LogP contribution >= 0.6 is 0 Å². The number of urea groups is 1. The zero-order chi connectivity index (χ0) is 21.1. The Hall–Kier alpha value is -3.49. The van der Waals surface area contributed by atoms with Gasteiger partial charge in [0.05, 0.1) is 10.5 Å². The van der Waals surface area contributed by atoms with Crippen LogP contribution in [0.5, 0.6) is 0 Å². The molecule has 2 aromatic rings. The van der Waals surface area contributed by atoms with Gasteiger partial charge in [0.1, 0.15) is 5.82 Å². The first-order chi connectivity index (χ1) is 13.8. The molecule has 1 fully saturated rings. The van der Waals surface area contributed by atoms with Crippen LogP contribution in [0.3, 0.4) is 0 Å². The Morgan fingerprint density at radius 2 is 1.72 bits per heavy atom. The lowest BCUT2D eigenvalue weighted by Gasteiger charge is -2.34. The zero-order valence-electron chi connectivity index (χ0n) is 16.1. The summed E-state index contributed by atoms with van der Waals surface area (Å²) in [7, 11) is 0. The summed E-state index contributed by atoms with van der Waals surface area (Å²) in [6.45, 7) is 4.35. The summed E-state index contributed by atoms with van der Waals surface area (Å²) in [5.41, 5.74) is 1.11. The molecule has 0 aromatic heterocycles. The lowest BCUT2D eigenvalue weighted by atomic mass is 10.1. The maximum absolute atomic E-state index is 14.0. The summed E-state index contributed by atoms with van der Waals surface area (Å²) in [5, 5.41) is 13.9. The Morgan fingerprint density at radius 3 is 2.34 bits per heavy atom. The second kappa shape index (κ2) is 8.26. The topological polar surface area (TPSA) is 95.8 Å². The molecule has 2 aromatic carbocycles. The molecule has 29 heavy (non-hydrogen) atoms. The molecule has 3 rings (SSSR count). The number of carbonyl (C=O) groups excluding carboxylic acids is 2. The number of amides is 3. The molecule has 0 aliphatic carbocycles. The minimum atomic E-state index is -0.793. The summed E-state index contributed by atoms with van der Waals surface area (Å²) < 4.78 is 14.0. The van der Waals surface area contributed by atoms with Crippen LogP contribution in [0.15, 0.2) is 36.4 Å². The monoisotopic (exact) mass is 400 g/mol. The van der Waals surface area contributed by atoms with E-state index in [1.165, 1.54) is 11.8 Å². The van der Waals surface area contributed by atoms with Crippen LogP contribution in [0.25, 0.3) is 0 Å². The molecule has 3 amide bonds. The van der Waals surface area contributed by atoms with Crippen molar-refractivity contribution in [1.82, 2.24) is 9.80 Å². The SMILES string of the molecule is Cc1cccc(NC(=O)N2CCN(C(=O)c3cc(F)c(C)c([N+](=O)[O-])c3)CC2)c1. The molecule has 8 nitrogen and oxygen atoms in total. The van der Waals surface area contributed by atoms with Gasteiger partial charge in [0.15, 0.2) is 0 Å². The highest BCUT2D eigenvalue weighted by molar-refractivity contribution is 5.95. The van der Waals surface area contributed by atoms with Crippen molar-refractivity contribution in [3.05, 3.63) is 69.0 Å². The van der Waals surface area contributed by atoms with E-state index in [1.807, 2.05) is 25.1 Å². The second-order valence-corrected chi connectivity index (χ2v) is 6.94. The normalized spacial score (nSPS) is 13.9. The fourth-order valence-corrected chi connectivity index (χ4v) is 3.20. The maximum Gasteiger partial charge on any atom is 0.321 e. The number of hydrogen-bond donors (Lipinski definition) is 1. The van der Waals surface area contributed by atoms with Gasteiger partial charge in [-0.15, -0.1) is 0 Å². The van der Waals surface area contributed by atoms with Gasteiger partial charge in [-0.2, -0.15) is 0 Å². The van der Waals surface area contributed by atoms with E-state index in [0.717, 1.165) is 17.7 Å². The number of rotatable bonds is 3. The predicted molar refractivity (Wildman–Crippen MR) is 105 cm³/mol. The predicted octanol–water partition coefficient (Wildman–Crippen LogP) is 3.34. The van der Waals surface area contributed by atoms with Gasteiger partial charge in [0.25, 0.3) is 11.6 Å². The van der Waals surface area contributed by atoms with E-state index < -0.39 is 22.3 Å². The number of nitrogens with one attached hydrogen (secondary N) is 1. The van der Waals surface area contributed by atoms with E-state index in [9.17, 15) is 24.1 Å². The molecule has 0 unspecified atom stereocenters. The Bertz CT molecular complexity index is 971. The van der Waals surface area contributed by atoms with Crippen LogP contribution in [0.2, 0.25) is 0 Å². The van der Waals surface area contributed by atoms with Gasteiger partial charge in [0, 0.05) is 43.5 Å². The lowest BCUT2D eigenvalue weighted by molar-refractivity contribution is -0.385. The number of piperazine rings is 1. The number of aryl methyl sites for hydroxylation is 1. The quantitative estimate of drug-likeness (QED) is 0.631. The van der Waals surface area contributed by atoms with Crippen molar-refractivity contribution >= 4 is 23.3 Å². The third-order valence-electron chi connectivity index (χ3n) is 4.88. The highest BCUT2D eigenvalue weighted by atomic mass is 19.1. The molecule has 0 spiro atoms. The van der Waals surface area contributed by atoms with Gasteiger partial charge in [-0.1, -0.05) is 12.1 Å². The van der Waals surface area contributed by atoms with Crippen molar-refractivity contribution in [3.63, 3.8) is 0 Å². The summed E-state index contributed by atoms with van der Waals surface area (Å²) in [6.07, 6.45) is 0. The Kier molecular flexibility index (Phi) is 5.76. The van der Waals surface area contributed by atoms with Gasteiger partial charge < -0.3 is 15.1 Å². The molecular formula is C20H21FN4O4. The standard InChI is InChI=1S/C20H21FN4O4/c1-13-4-3-5-16(10-13)22-20(27)24-8-6-23(7-9-24)19(26)15-11-17(21)14(2)18(12-15)25(28)29/h3-5,10-12H,6-9H2,1-2H3,(H,22,27).